The first-order valence-electron chi connectivity index (χ1n) is 10.3. The average molecular weight is 518 g/mol. The average Bonchev–Trinajstić information content (AvgIpc) is 3.37. The van der Waals surface area contributed by atoms with Gasteiger partial charge in [0.15, 0.2) is 5.96 Å². The largest absolute Gasteiger partial charge is 0.481 e. The Morgan fingerprint density at radius 3 is 2.66 bits per heavy atom. The van der Waals surface area contributed by atoms with E-state index in [0.29, 0.717) is 18.5 Å². The van der Waals surface area contributed by atoms with Crippen molar-refractivity contribution in [1.29, 1.82) is 0 Å². The summed E-state index contributed by atoms with van der Waals surface area (Å²) in [7, 11) is 7.07. The molecule has 0 spiro atoms. The Kier molecular flexibility index (Phi) is 8.59. The number of ether oxygens (including phenoxy) is 1. The Morgan fingerprint density at radius 1 is 1.34 bits per heavy atom. The number of fused-ring (bicyclic) bond motifs is 2. The number of carbonyl (C=O) groups excluding carboxylic acids is 1. The van der Waals surface area contributed by atoms with Gasteiger partial charge in [-0.15, -0.1) is 24.0 Å². The molecule has 2 N–H and O–H groups in total. The van der Waals surface area contributed by atoms with E-state index < -0.39 is 0 Å². The normalized spacial score (nSPS) is 22.9. The van der Waals surface area contributed by atoms with Crippen LogP contribution in [0.1, 0.15) is 43.9 Å². The summed E-state index contributed by atoms with van der Waals surface area (Å²) in [6.45, 7) is 2.77. The van der Waals surface area contributed by atoms with Crippen molar-refractivity contribution in [3.63, 3.8) is 0 Å². The van der Waals surface area contributed by atoms with E-state index in [1.54, 1.807) is 30.8 Å². The number of methoxy groups -OCH3 is 1. The van der Waals surface area contributed by atoms with Crippen LogP contribution in [0.25, 0.3) is 0 Å². The zero-order valence-corrected chi connectivity index (χ0v) is 20.5. The molecule has 1 heterocycles. The lowest BCUT2D eigenvalue weighted by atomic mass is 9.95. The van der Waals surface area contributed by atoms with Crippen LogP contribution >= 0.6 is 24.0 Å². The zero-order chi connectivity index (χ0) is 20.3. The topological polar surface area (TPSA) is 83.8 Å². The molecular formula is C20H35IN6O2. The van der Waals surface area contributed by atoms with Crippen LogP contribution in [0.15, 0.2) is 4.99 Å². The van der Waals surface area contributed by atoms with Crippen molar-refractivity contribution in [3.8, 4) is 5.88 Å². The molecule has 2 fully saturated rings. The van der Waals surface area contributed by atoms with Gasteiger partial charge in [-0.1, -0.05) is 13.3 Å². The fraction of sp³-hybridized carbons (Fsp3) is 0.750. The fourth-order valence-corrected chi connectivity index (χ4v) is 4.53. The smallest absolute Gasteiger partial charge is 0.241 e. The van der Waals surface area contributed by atoms with Crippen LogP contribution in [0.5, 0.6) is 5.88 Å². The minimum Gasteiger partial charge on any atom is -0.481 e. The van der Waals surface area contributed by atoms with Crippen LogP contribution in [-0.2, 0) is 24.8 Å². The van der Waals surface area contributed by atoms with E-state index in [1.165, 1.54) is 25.7 Å². The van der Waals surface area contributed by atoms with Crippen molar-refractivity contribution in [2.75, 3.05) is 27.7 Å². The lowest BCUT2D eigenvalue weighted by molar-refractivity contribution is -0.127. The van der Waals surface area contributed by atoms with Crippen molar-refractivity contribution in [3.05, 3.63) is 11.3 Å². The molecule has 3 unspecified atom stereocenters. The molecule has 9 heteroatoms. The molecule has 0 saturated heterocycles. The quantitative estimate of drug-likeness (QED) is 0.328. The maximum atomic E-state index is 12.0. The number of aliphatic imine (C=N–C) groups is 1. The second-order valence-electron chi connectivity index (χ2n) is 8.14. The van der Waals surface area contributed by atoms with Gasteiger partial charge in [0.2, 0.25) is 11.8 Å². The molecule has 0 aliphatic heterocycles. The number of amides is 1. The minimum atomic E-state index is 0. The molecular weight excluding hydrogens is 483 g/mol. The lowest BCUT2D eigenvalue weighted by Gasteiger charge is -2.25. The number of nitrogens with zero attached hydrogens (tertiary/aromatic N) is 4. The molecule has 2 saturated carbocycles. The fourth-order valence-electron chi connectivity index (χ4n) is 4.53. The third-order valence-electron chi connectivity index (χ3n) is 6.06. The third-order valence-corrected chi connectivity index (χ3v) is 6.06. The number of aryl methyl sites for hydroxylation is 2. The number of carbonyl (C=O) groups is 1. The van der Waals surface area contributed by atoms with Crippen molar-refractivity contribution in [1.82, 2.24) is 25.3 Å². The summed E-state index contributed by atoms with van der Waals surface area (Å²) in [6.07, 6.45) is 5.99. The molecule has 1 aromatic heterocycles. The standard InChI is InChI=1S/C20H34N6O2.HI/c1-6-16-15(19(28-5)26(4)24-16)11-21-20(22-12-18(27)25(2)3)23-17-10-13-7-8-14(17)9-13;/h13-14,17H,6-12H2,1-5H3,(H2,21,22,23);1H. The molecule has 0 aromatic carbocycles. The summed E-state index contributed by atoms with van der Waals surface area (Å²) in [4.78, 5) is 18.4. The maximum Gasteiger partial charge on any atom is 0.241 e. The van der Waals surface area contributed by atoms with Gasteiger partial charge in [-0.2, -0.15) is 5.10 Å². The van der Waals surface area contributed by atoms with Gasteiger partial charge in [-0.05, 0) is 37.5 Å². The molecule has 29 heavy (non-hydrogen) atoms. The lowest BCUT2D eigenvalue weighted by Crippen LogP contribution is -2.48. The van der Waals surface area contributed by atoms with Crippen molar-refractivity contribution < 1.29 is 9.53 Å². The summed E-state index contributed by atoms with van der Waals surface area (Å²) in [5.41, 5.74) is 1.99. The van der Waals surface area contributed by atoms with Gasteiger partial charge in [0, 0.05) is 27.2 Å². The molecule has 3 atom stereocenters. The molecule has 1 aromatic rings. The first-order valence-corrected chi connectivity index (χ1v) is 10.3. The second-order valence-corrected chi connectivity index (χ2v) is 8.14. The number of nitrogens with one attached hydrogen (secondary N) is 2. The van der Waals surface area contributed by atoms with Crippen molar-refractivity contribution >= 4 is 35.8 Å². The number of aromatic nitrogens is 2. The zero-order valence-electron chi connectivity index (χ0n) is 18.2. The first kappa shape index (κ1) is 23.8. The molecule has 3 rings (SSSR count). The van der Waals surface area contributed by atoms with Gasteiger partial charge < -0.3 is 20.3 Å². The van der Waals surface area contributed by atoms with Crippen LogP contribution in [0.2, 0.25) is 0 Å². The van der Waals surface area contributed by atoms with Crippen LogP contribution in [0.4, 0.5) is 0 Å². The summed E-state index contributed by atoms with van der Waals surface area (Å²) >= 11 is 0. The minimum absolute atomic E-state index is 0. The number of hydrogen-bond acceptors (Lipinski definition) is 4. The highest BCUT2D eigenvalue weighted by atomic mass is 127. The maximum absolute atomic E-state index is 12.0. The van der Waals surface area contributed by atoms with Gasteiger partial charge in [0.1, 0.15) is 0 Å². The summed E-state index contributed by atoms with van der Waals surface area (Å²) in [5.74, 6) is 3.03. The summed E-state index contributed by atoms with van der Waals surface area (Å²) < 4.78 is 7.28. The van der Waals surface area contributed by atoms with E-state index >= 15 is 0 Å². The molecule has 2 bridgehead atoms. The van der Waals surface area contributed by atoms with Gasteiger partial charge in [-0.25, -0.2) is 9.67 Å². The predicted molar refractivity (Wildman–Crippen MR) is 125 cm³/mol. The highest BCUT2D eigenvalue weighted by Gasteiger charge is 2.39. The Labute approximate surface area is 190 Å². The highest BCUT2D eigenvalue weighted by molar-refractivity contribution is 14.0. The number of halogens is 1. The molecule has 2 aliphatic rings. The number of rotatable bonds is 7. The van der Waals surface area contributed by atoms with E-state index in [-0.39, 0.29) is 36.4 Å². The predicted octanol–water partition coefficient (Wildman–Crippen LogP) is 1.92. The molecule has 8 nitrogen and oxygen atoms in total. The van der Waals surface area contributed by atoms with Gasteiger partial charge in [0.05, 0.1) is 31.5 Å². The molecule has 164 valence electrons. The SMILES string of the molecule is CCc1nn(C)c(OC)c1CN=C(NCC(=O)N(C)C)NC1CC2CCC1C2.I. The van der Waals surface area contributed by atoms with Crippen LogP contribution < -0.4 is 15.4 Å². The number of likely N-dealkylation sites (N-methyl/N-ethyl adjacent to an activating group) is 1. The Bertz CT molecular complexity index is 733. The van der Waals surface area contributed by atoms with Crippen LogP contribution in [0, 0.1) is 11.8 Å². The van der Waals surface area contributed by atoms with E-state index in [0.717, 1.165) is 35.4 Å². The third kappa shape index (κ3) is 5.55. The van der Waals surface area contributed by atoms with Gasteiger partial charge in [-0.3, -0.25) is 4.79 Å². The number of guanidine groups is 1. The second kappa shape index (κ2) is 10.5. The van der Waals surface area contributed by atoms with Gasteiger partial charge >= 0.3 is 0 Å². The monoisotopic (exact) mass is 518 g/mol. The van der Waals surface area contributed by atoms with E-state index in [1.807, 2.05) is 7.05 Å². The first-order chi connectivity index (χ1) is 13.4. The van der Waals surface area contributed by atoms with Crippen molar-refractivity contribution in [2.45, 2.75) is 51.6 Å². The summed E-state index contributed by atoms with van der Waals surface area (Å²) in [5, 5.41) is 11.3. The summed E-state index contributed by atoms with van der Waals surface area (Å²) in [6, 6.07) is 0.445. The van der Waals surface area contributed by atoms with Crippen LogP contribution in [-0.4, -0.2) is 60.3 Å². The molecule has 0 radical (unpaired) electrons. The Balaban J connectivity index is 0.00000300. The molecule has 2 aliphatic carbocycles. The van der Waals surface area contributed by atoms with E-state index in [2.05, 4.69) is 22.7 Å². The van der Waals surface area contributed by atoms with E-state index in [9.17, 15) is 4.79 Å². The Morgan fingerprint density at radius 2 is 2.10 bits per heavy atom. The van der Waals surface area contributed by atoms with Crippen LogP contribution in [0.3, 0.4) is 0 Å². The van der Waals surface area contributed by atoms with Gasteiger partial charge in [0.25, 0.3) is 0 Å². The van der Waals surface area contributed by atoms with E-state index in [4.69, 9.17) is 9.73 Å². The number of hydrogen-bond donors (Lipinski definition) is 2. The highest BCUT2D eigenvalue weighted by Crippen LogP contribution is 2.44. The van der Waals surface area contributed by atoms with Crippen molar-refractivity contribution in [2.24, 2.45) is 23.9 Å². The molecule has 1 amide bonds. The Hall–Kier alpha value is -1.52.